The summed E-state index contributed by atoms with van der Waals surface area (Å²) in [5, 5.41) is 37.3. The van der Waals surface area contributed by atoms with Gasteiger partial charge < -0.3 is 31.6 Å². The quantitative estimate of drug-likeness (QED) is 0.0596. The van der Waals surface area contributed by atoms with Crippen LogP contribution in [-0.4, -0.2) is 33.7 Å². The van der Waals surface area contributed by atoms with Crippen molar-refractivity contribution in [3.63, 3.8) is 0 Å². The van der Waals surface area contributed by atoms with Crippen molar-refractivity contribution in [1.82, 2.24) is 0 Å². The predicted molar refractivity (Wildman–Crippen MR) is 183 cm³/mol. The molecule has 3 N–H and O–H groups in total. The number of carbonyl (C=O) groups excluding carboxylic acids is 1. The summed E-state index contributed by atoms with van der Waals surface area (Å²) in [6.07, 6.45) is 3.52. The van der Waals surface area contributed by atoms with E-state index < -0.39 is 0 Å². The van der Waals surface area contributed by atoms with Crippen LogP contribution in [0.4, 0.5) is 0 Å². The summed E-state index contributed by atoms with van der Waals surface area (Å²) in [4.78, 5) is 11.2. The first kappa shape index (κ1) is 47.9. The summed E-state index contributed by atoms with van der Waals surface area (Å²) in [5.41, 5.74) is 4.35. The van der Waals surface area contributed by atoms with Crippen LogP contribution in [0.3, 0.4) is 0 Å². The van der Waals surface area contributed by atoms with Crippen LogP contribution in [0.2, 0.25) is 0 Å². The maximum Gasteiger partial charge on any atom is 1.00 e. The molecule has 4 aromatic carbocycles. The molecule has 0 saturated carbocycles. The summed E-state index contributed by atoms with van der Waals surface area (Å²) >= 11 is 3.13. The van der Waals surface area contributed by atoms with Crippen molar-refractivity contribution in [2.24, 2.45) is 0 Å². The number of carbonyl (C=O) groups is 1. The van der Waals surface area contributed by atoms with Crippen LogP contribution in [-0.2, 0) is 20.5 Å². The Bertz CT molecular complexity index is 1380. The zero-order valence-electron chi connectivity index (χ0n) is 29.2. The van der Waals surface area contributed by atoms with Gasteiger partial charge in [-0.15, -0.1) is 6.58 Å². The average Bonchev–Trinajstić information content (AvgIpc) is 3.05. The molecule has 242 valence electrons. The topological polar surface area (TPSA) is 119 Å². The Kier molecular flexibility index (Phi) is 26.1. The van der Waals surface area contributed by atoms with Crippen molar-refractivity contribution in [2.45, 2.75) is 38.5 Å². The number of ether oxygens (including phenoxy) is 1. The number of phenolic OH excluding ortho intramolecular Hbond substituents is 3. The van der Waals surface area contributed by atoms with Crippen LogP contribution >= 0.6 is 15.9 Å². The van der Waals surface area contributed by atoms with Crippen molar-refractivity contribution in [2.75, 3.05) is 11.9 Å². The first-order valence-corrected chi connectivity index (χ1v) is 15.1. The molecule has 0 bridgehead atoms. The fourth-order valence-electron chi connectivity index (χ4n) is 4.09. The normalized spacial score (nSPS) is 9.83. The molecular formula is C37H43BrK2O7. The van der Waals surface area contributed by atoms with E-state index in [1.54, 1.807) is 48.6 Å². The van der Waals surface area contributed by atoms with E-state index >= 15 is 0 Å². The second-order valence-corrected chi connectivity index (χ2v) is 11.3. The van der Waals surface area contributed by atoms with E-state index in [1.807, 2.05) is 48.5 Å². The molecule has 0 fully saturated rings. The third kappa shape index (κ3) is 17.3. The molecule has 47 heavy (non-hydrogen) atoms. The van der Waals surface area contributed by atoms with Crippen LogP contribution in [0, 0.1) is 0 Å². The molecule has 0 unspecified atom stereocenters. The number of rotatable bonds is 9. The van der Waals surface area contributed by atoms with Gasteiger partial charge in [-0.25, -0.2) is 0 Å². The summed E-state index contributed by atoms with van der Waals surface area (Å²) in [7, 11) is 0. The first-order chi connectivity index (χ1) is 21.4. The smallest absolute Gasteiger partial charge is 1.00 e. The van der Waals surface area contributed by atoms with Crippen molar-refractivity contribution >= 4 is 22.4 Å². The number of hydrogen-bond acceptors (Lipinski definition) is 7. The zero-order valence-corrected chi connectivity index (χ0v) is 36.0. The molecule has 7 nitrogen and oxygen atoms in total. The van der Waals surface area contributed by atoms with Crippen LogP contribution in [0.25, 0.3) is 0 Å². The van der Waals surface area contributed by atoms with Gasteiger partial charge in [0.2, 0.25) is 0 Å². The SMILES string of the molecule is C=CCBr.C=CCOc1ccc(C(C)(C)c2ccc(O)cc2)cc1.CC(C)(c1ccc(O)cc1)c1ccc(O)cc1.O=CO[O-].[H-].[K+].[K+]. The Morgan fingerprint density at radius 1 is 0.660 bits per heavy atom. The molecule has 4 rings (SSSR count). The minimum absolute atomic E-state index is 0. The average molecular weight is 758 g/mol. The second kappa shape index (κ2) is 25.7. The first-order valence-electron chi connectivity index (χ1n) is 14.0. The summed E-state index contributed by atoms with van der Waals surface area (Å²) < 4.78 is 5.49. The van der Waals surface area contributed by atoms with Crippen molar-refractivity contribution < 1.29 is 139 Å². The Labute approximate surface area is 374 Å². The molecule has 0 amide bonds. The number of phenols is 3. The molecule has 0 aliphatic rings. The predicted octanol–water partition coefficient (Wildman–Crippen LogP) is 1.83. The molecule has 0 spiro atoms. The largest absolute Gasteiger partial charge is 1.00 e. The van der Waals surface area contributed by atoms with E-state index in [4.69, 9.17) is 14.8 Å². The van der Waals surface area contributed by atoms with Gasteiger partial charge in [-0.3, -0.25) is 4.79 Å². The van der Waals surface area contributed by atoms with E-state index in [-0.39, 0.29) is 139 Å². The van der Waals surface area contributed by atoms with Crippen LogP contribution < -0.4 is 113 Å². The molecule has 0 saturated heterocycles. The zero-order chi connectivity index (χ0) is 33.9. The number of benzene rings is 4. The molecule has 4 aromatic rings. The van der Waals surface area contributed by atoms with Crippen molar-refractivity contribution in [1.29, 1.82) is 0 Å². The Morgan fingerprint density at radius 3 is 1.13 bits per heavy atom. The van der Waals surface area contributed by atoms with Gasteiger partial charge in [0.1, 0.15) is 29.6 Å². The molecule has 0 aromatic heterocycles. The monoisotopic (exact) mass is 756 g/mol. The third-order valence-corrected chi connectivity index (χ3v) is 7.32. The van der Waals surface area contributed by atoms with E-state index in [2.05, 4.69) is 73.8 Å². The van der Waals surface area contributed by atoms with Gasteiger partial charge in [-0.05, 0) is 70.8 Å². The summed E-state index contributed by atoms with van der Waals surface area (Å²) in [6, 6.07) is 29.9. The molecule has 0 atom stereocenters. The molecule has 0 heterocycles. The Morgan fingerprint density at radius 2 is 0.915 bits per heavy atom. The number of halogens is 1. The molecule has 0 radical (unpaired) electrons. The maximum atomic E-state index is 9.39. The van der Waals surface area contributed by atoms with E-state index in [9.17, 15) is 15.3 Å². The Balaban J connectivity index is -0.000000660. The molecule has 10 heteroatoms. The van der Waals surface area contributed by atoms with Gasteiger partial charge in [0.05, 0.1) is 0 Å². The number of allylic oxidation sites excluding steroid dienone is 1. The Hall–Kier alpha value is -1.26. The van der Waals surface area contributed by atoms with Gasteiger partial charge >= 0.3 is 103 Å². The molecule has 0 aliphatic carbocycles. The van der Waals surface area contributed by atoms with Crippen LogP contribution in [0.1, 0.15) is 51.4 Å². The minimum atomic E-state index is -0.181. The van der Waals surface area contributed by atoms with Crippen molar-refractivity contribution in [3.05, 3.63) is 145 Å². The van der Waals surface area contributed by atoms with Crippen LogP contribution in [0.15, 0.2) is 122 Å². The summed E-state index contributed by atoms with van der Waals surface area (Å²) in [6.45, 7) is 16.0. The fourth-order valence-corrected chi connectivity index (χ4v) is 4.09. The van der Waals surface area contributed by atoms with E-state index in [0.29, 0.717) is 6.61 Å². The summed E-state index contributed by atoms with van der Waals surface area (Å²) in [5.74, 6) is 1.68. The standard InChI is InChI=1S/C18H20O2.C15H16O2.C3H5Br.CH2O3.2K.H/c1-4-13-20-17-11-7-15(8-12-17)18(2,3)14-5-9-16(19)10-6-14;1-15(2,11-3-7-13(16)8-4-11)12-5-9-14(17)10-6-12;1-2-3-4;2-1-4-3;;;/h4-12,19H,1,13H2,2-3H3;3-10,16-17H,1-2H3;2H,1,3H2;1,3H;;;/q;;;;2*+1;-1/p-1. The van der Waals surface area contributed by atoms with Gasteiger partial charge in [-0.1, -0.05) is 111 Å². The number of alkyl halides is 1. The minimum Gasteiger partial charge on any atom is -1.00 e. The van der Waals surface area contributed by atoms with Gasteiger partial charge in [0.25, 0.3) is 6.47 Å². The van der Waals surface area contributed by atoms with E-state index in [1.165, 1.54) is 5.56 Å². The van der Waals surface area contributed by atoms with Gasteiger partial charge in [0, 0.05) is 16.2 Å². The molecular weight excluding hydrogens is 715 g/mol. The van der Waals surface area contributed by atoms with Crippen LogP contribution in [0.5, 0.6) is 23.0 Å². The maximum absolute atomic E-state index is 9.39. The number of hydrogen-bond donors (Lipinski definition) is 3. The van der Waals surface area contributed by atoms with Gasteiger partial charge in [-0.2, -0.15) is 0 Å². The van der Waals surface area contributed by atoms with Crippen molar-refractivity contribution in [3.8, 4) is 23.0 Å². The van der Waals surface area contributed by atoms with E-state index in [0.717, 1.165) is 27.8 Å². The number of aromatic hydroxyl groups is 3. The second-order valence-electron chi connectivity index (χ2n) is 10.7. The third-order valence-electron chi connectivity index (χ3n) is 6.86. The molecule has 0 aliphatic heterocycles. The fraction of sp³-hybridized carbons (Fsp3) is 0.216. The van der Waals surface area contributed by atoms with Gasteiger partial charge in [0.15, 0.2) is 0 Å².